The van der Waals surface area contributed by atoms with E-state index in [9.17, 15) is 14.4 Å². The Morgan fingerprint density at radius 3 is 1.65 bits per heavy atom. The Hall–Kier alpha value is -1.87. The van der Waals surface area contributed by atoms with Crippen LogP contribution in [0.25, 0.3) is 0 Å². The Morgan fingerprint density at radius 1 is 0.608 bits per heavy atom. The molecule has 0 unspecified atom stereocenters. The van der Waals surface area contributed by atoms with Gasteiger partial charge in [0.15, 0.2) is 0 Å². The highest BCUT2D eigenvalue weighted by Gasteiger charge is 2.16. The average Bonchev–Trinajstić information content (AvgIpc) is 3.06. The van der Waals surface area contributed by atoms with Gasteiger partial charge in [0.25, 0.3) is 0 Å². The van der Waals surface area contributed by atoms with Crippen LogP contribution in [-0.2, 0) is 23.8 Å². The highest BCUT2D eigenvalue weighted by Crippen LogP contribution is 2.13. The summed E-state index contributed by atoms with van der Waals surface area (Å²) in [6.07, 6.45) is 27.5. The zero-order chi connectivity index (χ0) is 37.8. The molecule has 2 amide bonds. The molecule has 0 aliphatic heterocycles. The first-order chi connectivity index (χ1) is 24.6. The minimum atomic E-state index is -0.508. The molecule has 0 spiro atoms. The number of hydrogen-bond donors (Lipinski definition) is 3. The number of rotatable bonds is 36. The number of alkyl carbamates (subject to hydrolysis) is 1. The van der Waals surface area contributed by atoms with E-state index in [0.29, 0.717) is 39.0 Å². The lowest BCUT2D eigenvalue weighted by atomic mass is 10.1. The maximum absolute atomic E-state index is 12.8. The molecule has 0 saturated heterocycles. The summed E-state index contributed by atoms with van der Waals surface area (Å²) in [4.78, 5) is 36.9. The van der Waals surface area contributed by atoms with Gasteiger partial charge in [-0.2, -0.15) is 0 Å². The lowest BCUT2D eigenvalue weighted by Crippen LogP contribution is -2.40. The van der Waals surface area contributed by atoms with Crippen LogP contribution >= 0.6 is 0 Å². The normalized spacial score (nSPS) is 12.7. The van der Waals surface area contributed by atoms with Crippen LogP contribution in [0.15, 0.2) is 0 Å². The molecule has 9 heteroatoms. The lowest BCUT2D eigenvalue weighted by Gasteiger charge is -2.20. The average molecular weight is 726 g/mol. The number of carbonyl (C=O) groups excluding carboxylic acids is 3. The van der Waals surface area contributed by atoms with Crippen molar-refractivity contribution in [3.05, 3.63) is 0 Å². The fourth-order valence-corrected chi connectivity index (χ4v) is 5.96. The second-order valence-electron chi connectivity index (χ2n) is 15.6. The van der Waals surface area contributed by atoms with E-state index in [0.717, 1.165) is 51.6 Å². The molecule has 0 aliphatic carbocycles. The monoisotopic (exact) mass is 726 g/mol. The van der Waals surface area contributed by atoms with Crippen molar-refractivity contribution in [2.24, 2.45) is 0 Å². The van der Waals surface area contributed by atoms with Gasteiger partial charge < -0.3 is 30.2 Å². The molecule has 9 nitrogen and oxygen atoms in total. The van der Waals surface area contributed by atoms with Gasteiger partial charge >= 0.3 is 12.1 Å². The Balaban J connectivity index is 4.35. The molecule has 0 aromatic carbocycles. The highest BCUT2D eigenvalue weighted by molar-refractivity contribution is 5.76. The van der Waals surface area contributed by atoms with Crippen LogP contribution in [0.1, 0.15) is 202 Å². The molecular formula is C42H83N3O6. The second-order valence-corrected chi connectivity index (χ2v) is 15.6. The predicted molar refractivity (Wildman–Crippen MR) is 212 cm³/mol. The summed E-state index contributed by atoms with van der Waals surface area (Å²) in [6.45, 7) is 14.9. The molecule has 0 fully saturated rings. The lowest BCUT2D eigenvalue weighted by molar-refractivity contribution is -0.149. The van der Waals surface area contributed by atoms with Crippen LogP contribution in [-0.4, -0.2) is 68.6 Å². The van der Waals surface area contributed by atoms with Gasteiger partial charge in [-0.05, 0) is 66.5 Å². The molecule has 0 heterocycles. The Kier molecular flexibility index (Phi) is 33.9. The van der Waals surface area contributed by atoms with Gasteiger partial charge in [-0.15, -0.1) is 0 Å². The van der Waals surface area contributed by atoms with E-state index in [1.807, 2.05) is 27.7 Å². The molecule has 2 atom stereocenters. The quantitative estimate of drug-likeness (QED) is 0.0435. The van der Waals surface area contributed by atoms with Gasteiger partial charge in [-0.25, -0.2) is 4.79 Å². The van der Waals surface area contributed by atoms with Gasteiger partial charge in [0, 0.05) is 25.8 Å². The first kappa shape index (κ1) is 49.1. The Morgan fingerprint density at radius 2 is 1.12 bits per heavy atom. The zero-order valence-corrected chi connectivity index (χ0v) is 34.3. The molecule has 0 bridgehead atoms. The van der Waals surface area contributed by atoms with E-state index in [1.54, 1.807) is 0 Å². The van der Waals surface area contributed by atoms with E-state index >= 15 is 0 Å². The third kappa shape index (κ3) is 37.7. The van der Waals surface area contributed by atoms with Crippen LogP contribution < -0.4 is 16.0 Å². The number of esters is 1. The maximum Gasteiger partial charge on any atom is 0.407 e. The summed E-state index contributed by atoms with van der Waals surface area (Å²) in [6, 6.07) is -0.0953. The smallest absolute Gasteiger partial charge is 0.407 e. The van der Waals surface area contributed by atoms with Crippen LogP contribution in [0.3, 0.4) is 0 Å². The van der Waals surface area contributed by atoms with Crippen LogP contribution in [0.4, 0.5) is 4.79 Å². The van der Waals surface area contributed by atoms with Crippen LogP contribution in [0, 0.1) is 0 Å². The summed E-state index contributed by atoms with van der Waals surface area (Å²) < 4.78 is 16.9. The zero-order valence-electron chi connectivity index (χ0n) is 34.3. The standard InChI is InChI=1S/C42H83N3O6/c1-7-9-11-13-15-17-18-20-21-23-25-28-39(46)45-38(30-34-43-32-27-33-44-41(48)51-42(4,5)6)36-49-35-31-37(3)50-40(47)29-26-24-22-19-16-14-12-10-8-2/h37-38,43H,7-36H2,1-6H3,(H,44,48)(H,45,46)/t37-,38+/m1/s1. The van der Waals surface area contributed by atoms with E-state index < -0.39 is 11.7 Å². The number of unbranched alkanes of at least 4 members (excludes halogenated alkanes) is 18. The number of nitrogens with one attached hydrogen (secondary N) is 3. The molecule has 0 aromatic rings. The third-order valence-electron chi connectivity index (χ3n) is 9.05. The summed E-state index contributed by atoms with van der Waals surface area (Å²) in [5.41, 5.74) is -0.508. The number of hydrogen-bond acceptors (Lipinski definition) is 7. The maximum atomic E-state index is 12.8. The van der Waals surface area contributed by atoms with Crippen molar-refractivity contribution in [2.75, 3.05) is 32.8 Å². The van der Waals surface area contributed by atoms with E-state index in [1.165, 1.54) is 103 Å². The largest absolute Gasteiger partial charge is 0.463 e. The summed E-state index contributed by atoms with van der Waals surface area (Å²) in [7, 11) is 0. The van der Waals surface area contributed by atoms with Gasteiger partial charge in [0.1, 0.15) is 11.7 Å². The van der Waals surface area contributed by atoms with Crippen molar-refractivity contribution in [1.82, 2.24) is 16.0 Å². The topological polar surface area (TPSA) is 115 Å². The van der Waals surface area contributed by atoms with Crippen molar-refractivity contribution < 1.29 is 28.6 Å². The summed E-state index contributed by atoms with van der Waals surface area (Å²) in [5, 5.41) is 9.39. The molecule has 302 valence electrons. The fourth-order valence-electron chi connectivity index (χ4n) is 5.96. The van der Waals surface area contributed by atoms with E-state index in [2.05, 4.69) is 29.8 Å². The van der Waals surface area contributed by atoms with Crippen molar-refractivity contribution in [2.45, 2.75) is 220 Å². The van der Waals surface area contributed by atoms with Crippen molar-refractivity contribution in [1.29, 1.82) is 0 Å². The van der Waals surface area contributed by atoms with Gasteiger partial charge in [-0.1, -0.05) is 129 Å². The molecule has 0 aliphatic rings. The first-order valence-electron chi connectivity index (χ1n) is 21.3. The summed E-state index contributed by atoms with van der Waals surface area (Å²) >= 11 is 0. The van der Waals surface area contributed by atoms with E-state index in [-0.39, 0.29) is 24.0 Å². The minimum Gasteiger partial charge on any atom is -0.463 e. The Labute approximate surface area is 314 Å². The summed E-state index contributed by atoms with van der Waals surface area (Å²) in [5.74, 6) is -0.0368. The third-order valence-corrected chi connectivity index (χ3v) is 9.05. The molecule has 0 rings (SSSR count). The van der Waals surface area contributed by atoms with Crippen molar-refractivity contribution >= 4 is 18.0 Å². The van der Waals surface area contributed by atoms with Crippen molar-refractivity contribution in [3.63, 3.8) is 0 Å². The molecule has 0 aromatic heterocycles. The van der Waals surface area contributed by atoms with Gasteiger partial charge in [0.2, 0.25) is 5.91 Å². The molecule has 3 N–H and O–H groups in total. The fraction of sp³-hybridized carbons (Fsp3) is 0.929. The van der Waals surface area contributed by atoms with Gasteiger partial charge in [-0.3, -0.25) is 9.59 Å². The molecule has 51 heavy (non-hydrogen) atoms. The van der Waals surface area contributed by atoms with E-state index in [4.69, 9.17) is 14.2 Å². The second kappa shape index (κ2) is 35.2. The molecular weight excluding hydrogens is 642 g/mol. The number of carbonyl (C=O) groups is 3. The highest BCUT2D eigenvalue weighted by atomic mass is 16.6. The van der Waals surface area contributed by atoms with Crippen LogP contribution in [0.5, 0.6) is 0 Å². The van der Waals surface area contributed by atoms with Gasteiger partial charge in [0.05, 0.1) is 19.3 Å². The first-order valence-corrected chi connectivity index (χ1v) is 21.3. The van der Waals surface area contributed by atoms with Crippen LogP contribution in [0.2, 0.25) is 0 Å². The SMILES string of the molecule is CCCCCCCCCCCCCC(=O)N[C@@H](CCNCCCNC(=O)OC(C)(C)C)COCC[C@@H](C)OC(=O)CCCCCCCCCCC. The number of amides is 2. The van der Waals surface area contributed by atoms with Crippen molar-refractivity contribution in [3.8, 4) is 0 Å². The Bertz CT molecular complexity index is 819. The minimum absolute atomic E-state index is 0.0832. The molecule has 0 radical (unpaired) electrons. The predicted octanol–water partition coefficient (Wildman–Crippen LogP) is 10.3. The number of ether oxygens (including phenoxy) is 3. The molecule has 0 saturated carbocycles.